The second-order valence-electron chi connectivity index (χ2n) is 7.12. The van der Waals surface area contributed by atoms with Gasteiger partial charge in [0, 0.05) is 18.0 Å². The molecule has 1 aliphatic heterocycles. The monoisotopic (exact) mass is 404 g/mol. The maximum atomic E-state index is 13.4. The molecule has 146 valence electrons. The van der Waals surface area contributed by atoms with E-state index in [0.717, 1.165) is 11.1 Å². The van der Waals surface area contributed by atoms with E-state index in [2.05, 4.69) is 5.32 Å². The summed E-state index contributed by atoms with van der Waals surface area (Å²) in [5.74, 6) is -0.294. The van der Waals surface area contributed by atoms with Crippen molar-refractivity contribution in [1.82, 2.24) is 4.90 Å². The zero-order valence-corrected chi connectivity index (χ0v) is 16.6. The highest BCUT2D eigenvalue weighted by atomic mass is 35.5. The number of para-hydroxylation sites is 1. The molecular weight excluding hydrogens is 384 g/mol. The first-order chi connectivity index (χ1) is 14.1. The van der Waals surface area contributed by atoms with Crippen molar-refractivity contribution in [3.05, 3.63) is 101 Å². The maximum Gasteiger partial charge on any atom is 0.256 e. The number of hydrogen-bond donors (Lipinski definition) is 1. The van der Waals surface area contributed by atoms with E-state index < -0.39 is 6.04 Å². The average molecular weight is 405 g/mol. The third kappa shape index (κ3) is 4.33. The van der Waals surface area contributed by atoms with Gasteiger partial charge in [-0.05, 0) is 41.8 Å². The molecular formula is C24H21ClN2O2. The van der Waals surface area contributed by atoms with E-state index in [-0.39, 0.29) is 11.8 Å². The second-order valence-corrected chi connectivity index (χ2v) is 7.55. The summed E-state index contributed by atoms with van der Waals surface area (Å²) in [6.45, 7) is 0.444. The van der Waals surface area contributed by atoms with Gasteiger partial charge in [0.1, 0.15) is 6.04 Å². The molecule has 0 aliphatic carbocycles. The first kappa shape index (κ1) is 19.2. The number of fused-ring (bicyclic) bond motifs is 1. The van der Waals surface area contributed by atoms with Crippen LogP contribution in [0.15, 0.2) is 78.9 Å². The quantitative estimate of drug-likeness (QED) is 0.676. The number of nitrogens with one attached hydrogen (secondary N) is 1. The molecule has 0 fully saturated rings. The average Bonchev–Trinajstić information content (AvgIpc) is 2.84. The van der Waals surface area contributed by atoms with Crippen LogP contribution in [0.3, 0.4) is 0 Å². The molecule has 4 rings (SSSR count). The van der Waals surface area contributed by atoms with Crippen molar-refractivity contribution < 1.29 is 9.59 Å². The molecule has 0 bridgehead atoms. The lowest BCUT2D eigenvalue weighted by molar-refractivity contribution is -0.120. The Labute approximate surface area is 175 Å². The van der Waals surface area contributed by atoms with Gasteiger partial charge < -0.3 is 10.2 Å². The van der Waals surface area contributed by atoms with E-state index in [9.17, 15) is 9.59 Å². The first-order valence-corrected chi connectivity index (χ1v) is 9.99. The molecule has 1 atom stereocenters. The van der Waals surface area contributed by atoms with Crippen molar-refractivity contribution in [3.63, 3.8) is 0 Å². The fraction of sp³-hybridized carbons (Fsp3) is 0.167. The van der Waals surface area contributed by atoms with Gasteiger partial charge in [-0.2, -0.15) is 0 Å². The summed E-state index contributed by atoms with van der Waals surface area (Å²) in [4.78, 5) is 28.1. The summed E-state index contributed by atoms with van der Waals surface area (Å²) >= 11 is 5.98. The zero-order chi connectivity index (χ0) is 20.2. The molecule has 29 heavy (non-hydrogen) atoms. The van der Waals surface area contributed by atoms with Gasteiger partial charge in [-0.1, -0.05) is 66.2 Å². The van der Waals surface area contributed by atoms with Crippen molar-refractivity contribution >= 4 is 29.1 Å². The lowest BCUT2D eigenvalue weighted by Crippen LogP contribution is -2.47. The fourth-order valence-electron chi connectivity index (χ4n) is 3.63. The lowest BCUT2D eigenvalue weighted by Gasteiger charge is -2.29. The number of hydrogen-bond acceptors (Lipinski definition) is 2. The number of anilines is 1. The Hall–Kier alpha value is -3.11. The highest BCUT2D eigenvalue weighted by Crippen LogP contribution is 2.25. The Balaban J connectivity index is 1.65. The number of amides is 2. The van der Waals surface area contributed by atoms with E-state index >= 15 is 0 Å². The Kier molecular flexibility index (Phi) is 5.63. The van der Waals surface area contributed by atoms with Gasteiger partial charge in [-0.15, -0.1) is 0 Å². The minimum atomic E-state index is -0.579. The number of halogens is 1. The van der Waals surface area contributed by atoms with Crippen LogP contribution in [-0.4, -0.2) is 29.3 Å². The third-order valence-electron chi connectivity index (χ3n) is 5.18. The minimum absolute atomic E-state index is 0.131. The molecule has 1 aliphatic rings. The van der Waals surface area contributed by atoms with Crippen LogP contribution in [-0.2, 0) is 17.6 Å². The standard InChI is InChI=1S/C24H21ClN2O2/c25-19-12-10-17(11-13-19)14-15-27-22(16-18-6-2-1-3-7-18)23(28)26-21-9-5-4-8-20(21)24(27)29/h1-13,22H,14-16H2,(H,26,28). The molecule has 5 heteroatoms. The molecule has 0 saturated carbocycles. The molecule has 3 aromatic carbocycles. The van der Waals surface area contributed by atoms with E-state index in [0.29, 0.717) is 35.7 Å². The van der Waals surface area contributed by atoms with Gasteiger partial charge in [0.2, 0.25) is 5.91 Å². The summed E-state index contributed by atoms with van der Waals surface area (Å²) in [6.07, 6.45) is 1.11. The molecule has 0 saturated heterocycles. The molecule has 0 radical (unpaired) electrons. The van der Waals surface area contributed by atoms with E-state index in [1.807, 2.05) is 66.7 Å². The topological polar surface area (TPSA) is 49.4 Å². The predicted octanol–water partition coefficient (Wildman–Crippen LogP) is 4.59. The molecule has 1 heterocycles. The van der Waals surface area contributed by atoms with E-state index in [1.54, 1.807) is 17.0 Å². The van der Waals surface area contributed by atoms with Gasteiger partial charge in [-0.3, -0.25) is 9.59 Å². The summed E-state index contributed by atoms with van der Waals surface area (Å²) in [6, 6.07) is 24.0. The Morgan fingerprint density at radius 1 is 0.828 bits per heavy atom. The van der Waals surface area contributed by atoms with Gasteiger partial charge in [0.05, 0.1) is 11.3 Å². The third-order valence-corrected chi connectivity index (χ3v) is 5.43. The molecule has 3 aromatic rings. The largest absolute Gasteiger partial charge is 0.326 e. The summed E-state index contributed by atoms with van der Waals surface area (Å²) < 4.78 is 0. The summed E-state index contributed by atoms with van der Waals surface area (Å²) in [5, 5.41) is 3.62. The van der Waals surface area contributed by atoms with Crippen LogP contribution in [0.5, 0.6) is 0 Å². The first-order valence-electron chi connectivity index (χ1n) is 9.61. The predicted molar refractivity (Wildman–Crippen MR) is 115 cm³/mol. The highest BCUT2D eigenvalue weighted by Gasteiger charge is 2.35. The van der Waals surface area contributed by atoms with Crippen LogP contribution in [0.4, 0.5) is 5.69 Å². The zero-order valence-electron chi connectivity index (χ0n) is 15.8. The van der Waals surface area contributed by atoms with Crippen LogP contribution in [0.2, 0.25) is 5.02 Å². The number of carbonyl (C=O) groups is 2. The van der Waals surface area contributed by atoms with Gasteiger partial charge >= 0.3 is 0 Å². The maximum absolute atomic E-state index is 13.4. The van der Waals surface area contributed by atoms with Crippen molar-refractivity contribution in [1.29, 1.82) is 0 Å². The molecule has 0 aromatic heterocycles. The number of benzene rings is 3. The summed E-state index contributed by atoms with van der Waals surface area (Å²) in [5.41, 5.74) is 3.17. The van der Waals surface area contributed by atoms with E-state index in [1.165, 1.54) is 0 Å². The SMILES string of the molecule is O=C1Nc2ccccc2C(=O)N(CCc2ccc(Cl)cc2)C1Cc1ccccc1. The van der Waals surface area contributed by atoms with Crippen LogP contribution < -0.4 is 5.32 Å². The molecule has 2 amide bonds. The normalized spacial score (nSPS) is 16.2. The van der Waals surface area contributed by atoms with Crippen molar-refractivity contribution in [3.8, 4) is 0 Å². The van der Waals surface area contributed by atoms with Gasteiger partial charge in [-0.25, -0.2) is 0 Å². The molecule has 1 N–H and O–H groups in total. The minimum Gasteiger partial charge on any atom is -0.326 e. The van der Waals surface area contributed by atoms with Crippen molar-refractivity contribution in [2.75, 3.05) is 11.9 Å². The van der Waals surface area contributed by atoms with Crippen LogP contribution >= 0.6 is 11.6 Å². The number of rotatable bonds is 5. The van der Waals surface area contributed by atoms with Gasteiger partial charge in [0.25, 0.3) is 5.91 Å². The molecule has 1 unspecified atom stereocenters. The summed E-state index contributed by atoms with van der Waals surface area (Å²) in [7, 11) is 0. The number of carbonyl (C=O) groups excluding carboxylic acids is 2. The van der Waals surface area contributed by atoms with E-state index in [4.69, 9.17) is 11.6 Å². The van der Waals surface area contributed by atoms with Crippen LogP contribution in [0.25, 0.3) is 0 Å². The molecule has 0 spiro atoms. The van der Waals surface area contributed by atoms with Crippen LogP contribution in [0, 0.1) is 0 Å². The van der Waals surface area contributed by atoms with Crippen molar-refractivity contribution in [2.45, 2.75) is 18.9 Å². The Morgan fingerprint density at radius 2 is 1.52 bits per heavy atom. The Bertz CT molecular complexity index is 1020. The fourth-order valence-corrected chi connectivity index (χ4v) is 3.76. The number of nitrogens with zero attached hydrogens (tertiary/aromatic N) is 1. The van der Waals surface area contributed by atoms with Crippen LogP contribution in [0.1, 0.15) is 21.5 Å². The lowest BCUT2D eigenvalue weighted by atomic mass is 10.0. The van der Waals surface area contributed by atoms with Gasteiger partial charge in [0.15, 0.2) is 0 Å². The second kappa shape index (κ2) is 8.50. The highest BCUT2D eigenvalue weighted by molar-refractivity contribution is 6.30. The van der Waals surface area contributed by atoms with Crippen molar-refractivity contribution in [2.24, 2.45) is 0 Å². The smallest absolute Gasteiger partial charge is 0.256 e. The Morgan fingerprint density at radius 3 is 2.28 bits per heavy atom. The molecule has 4 nitrogen and oxygen atoms in total.